The van der Waals surface area contributed by atoms with Crippen LogP contribution in [0.25, 0.3) is 0 Å². The van der Waals surface area contributed by atoms with Crippen molar-refractivity contribution in [1.29, 1.82) is 0 Å². The zero-order chi connectivity index (χ0) is 12.4. The second-order valence-corrected chi connectivity index (χ2v) is 4.09. The van der Waals surface area contributed by atoms with E-state index >= 15 is 0 Å². The number of carbonyl (C=O) groups excluding carboxylic acids is 1. The van der Waals surface area contributed by atoms with Crippen LogP contribution in [0.1, 0.15) is 11.6 Å². The Balaban J connectivity index is 2.21. The second kappa shape index (κ2) is 4.91. The van der Waals surface area contributed by atoms with E-state index in [1.54, 1.807) is 19.2 Å². The molecule has 1 aromatic carbocycles. The number of amides is 1. The van der Waals surface area contributed by atoms with Gasteiger partial charge in [0.25, 0.3) is 0 Å². The summed E-state index contributed by atoms with van der Waals surface area (Å²) in [6.45, 7) is 0.869. The monoisotopic (exact) mass is 256 g/mol. The molecule has 1 aliphatic heterocycles. The lowest BCUT2D eigenvalue weighted by Gasteiger charge is -2.10. The molecule has 0 radical (unpaired) electrons. The van der Waals surface area contributed by atoms with E-state index in [1.165, 1.54) is 0 Å². The van der Waals surface area contributed by atoms with Gasteiger partial charge >= 0.3 is 0 Å². The number of benzene rings is 1. The predicted molar refractivity (Wildman–Crippen MR) is 64.4 cm³/mol. The number of nitrogens with two attached hydrogens (primary N) is 1. The number of hydrogen-bond acceptors (Lipinski definition) is 4. The molecule has 0 bridgehead atoms. The van der Waals surface area contributed by atoms with Crippen molar-refractivity contribution in [2.75, 3.05) is 25.6 Å². The maximum absolute atomic E-state index is 11.4. The maximum Gasteiger partial charge on any atom is 0.245 e. The highest BCUT2D eigenvalue weighted by Crippen LogP contribution is 2.37. The van der Waals surface area contributed by atoms with Crippen molar-refractivity contribution in [1.82, 2.24) is 0 Å². The summed E-state index contributed by atoms with van der Waals surface area (Å²) in [5.74, 6) is 0.280. The highest BCUT2D eigenvalue weighted by molar-refractivity contribution is 6.32. The van der Waals surface area contributed by atoms with E-state index in [1.807, 2.05) is 0 Å². The number of carbonyl (C=O) groups is 1. The van der Waals surface area contributed by atoms with Gasteiger partial charge in [-0.2, -0.15) is 0 Å². The molecule has 1 atom stereocenters. The lowest BCUT2D eigenvalue weighted by molar-refractivity contribution is -0.116. The molecule has 92 valence electrons. The van der Waals surface area contributed by atoms with Crippen LogP contribution in [0.5, 0.6) is 5.75 Å². The quantitative estimate of drug-likeness (QED) is 0.797. The molecule has 1 aromatic rings. The number of hydrogen-bond donors (Lipinski definition) is 2. The topological polar surface area (TPSA) is 73.6 Å². The van der Waals surface area contributed by atoms with E-state index in [0.717, 1.165) is 0 Å². The van der Waals surface area contributed by atoms with Crippen LogP contribution in [-0.4, -0.2) is 26.2 Å². The molecular weight excluding hydrogens is 244 g/mol. The molecule has 3 N–H and O–H groups in total. The van der Waals surface area contributed by atoms with Gasteiger partial charge < -0.3 is 20.5 Å². The number of anilines is 1. The summed E-state index contributed by atoms with van der Waals surface area (Å²) < 4.78 is 10.3. The van der Waals surface area contributed by atoms with Crippen molar-refractivity contribution in [3.8, 4) is 5.75 Å². The van der Waals surface area contributed by atoms with Crippen LogP contribution in [0.2, 0.25) is 5.02 Å². The fourth-order valence-corrected chi connectivity index (χ4v) is 1.86. The molecule has 1 unspecified atom stereocenters. The SMILES string of the molecule is COCCOc1cc2c(cc1Cl)C(N)C(=O)N2. The van der Waals surface area contributed by atoms with Gasteiger partial charge in [-0.15, -0.1) is 0 Å². The number of rotatable bonds is 4. The van der Waals surface area contributed by atoms with E-state index in [0.29, 0.717) is 35.2 Å². The summed E-state index contributed by atoms with van der Waals surface area (Å²) in [4.78, 5) is 11.4. The van der Waals surface area contributed by atoms with Gasteiger partial charge in [0.2, 0.25) is 5.91 Å². The molecule has 5 nitrogen and oxygen atoms in total. The molecule has 0 aliphatic carbocycles. The first kappa shape index (κ1) is 12.2. The second-order valence-electron chi connectivity index (χ2n) is 3.68. The van der Waals surface area contributed by atoms with Crippen molar-refractivity contribution >= 4 is 23.2 Å². The standard InChI is InChI=1S/C11H13ClN2O3/c1-16-2-3-17-9-5-8-6(4-7(9)12)10(13)11(15)14-8/h4-5,10H,2-3,13H2,1H3,(H,14,15). The van der Waals surface area contributed by atoms with Gasteiger partial charge in [0.1, 0.15) is 18.4 Å². The third kappa shape index (κ3) is 2.36. The molecule has 0 spiro atoms. The summed E-state index contributed by atoms with van der Waals surface area (Å²) in [6.07, 6.45) is 0. The summed E-state index contributed by atoms with van der Waals surface area (Å²) in [5, 5.41) is 3.11. The number of nitrogens with one attached hydrogen (secondary N) is 1. The molecule has 17 heavy (non-hydrogen) atoms. The summed E-state index contributed by atoms with van der Waals surface area (Å²) in [7, 11) is 1.59. The van der Waals surface area contributed by atoms with E-state index in [4.69, 9.17) is 26.8 Å². The molecular formula is C11H13ClN2O3. The average Bonchev–Trinajstić information content (AvgIpc) is 2.56. The first-order valence-electron chi connectivity index (χ1n) is 5.15. The number of methoxy groups -OCH3 is 1. The third-order valence-corrected chi connectivity index (χ3v) is 2.82. The Morgan fingerprint density at radius 3 is 2.94 bits per heavy atom. The van der Waals surface area contributed by atoms with Gasteiger partial charge in [-0.3, -0.25) is 4.79 Å². The molecule has 6 heteroatoms. The Bertz CT molecular complexity index is 451. The summed E-state index contributed by atoms with van der Waals surface area (Å²) >= 11 is 6.04. The molecule has 2 rings (SSSR count). The molecule has 1 aliphatic rings. The zero-order valence-electron chi connectivity index (χ0n) is 9.33. The van der Waals surface area contributed by atoms with E-state index in [9.17, 15) is 4.79 Å². The van der Waals surface area contributed by atoms with Gasteiger partial charge in [0.05, 0.1) is 11.6 Å². The van der Waals surface area contributed by atoms with Crippen LogP contribution in [0.4, 0.5) is 5.69 Å². The molecule has 1 heterocycles. The molecule has 0 saturated carbocycles. The van der Waals surface area contributed by atoms with Crippen molar-refractivity contribution in [2.24, 2.45) is 5.73 Å². The van der Waals surface area contributed by atoms with Crippen LogP contribution in [-0.2, 0) is 9.53 Å². The highest BCUT2D eigenvalue weighted by Gasteiger charge is 2.28. The predicted octanol–water partition coefficient (Wildman–Crippen LogP) is 1.32. The normalized spacial score (nSPS) is 17.8. The minimum atomic E-state index is -0.657. The van der Waals surface area contributed by atoms with Crippen molar-refractivity contribution in [2.45, 2.75) is 6.04 Å². The number of fused-ring (bicyclic) bond motifs is 1. The van der Waals surface area contributed by atoms with Crippen molar-refractivity contribution < 1.29 is 14.3 Å². The first-order valence-corrected chi connectivity index (χ1v) is 5.53. The Kier molecular flexibility index (Phi) is 3.51. The Hall–Kier alpha value is -1.30. The number of ether oxygens (including phenoxy) is 2. The van der Waals surface area contributed by atoms with Crippen LogP contribution >= 0.6 is 11.6 Å². The van der Waals surface area contributed by atoms with Gasteiger partial charge in [0.15, 0.2) is 0 Å². The number of halogens is 1. The maximum atomic E-state index is 11.4. The largest absolute Gasteiger partial charge is 0.490 e. The summed E-state index contributed by atoms with van der Waals surface area (Å²) in [5.41, 5.74) is 7.04. The minimum Gasteiger partial charge on any atom is -0.490 e. The van der Waals surface area contributed by atoms with E-state index < -0.39 is 6.04 Å². The fourth-order valence-electron chi connectivity index (χ4n) is 1.63. The van der Waals surface area contributed by atoms with E-state index in [-0.39, 0.29) is 5.91 Å². The Labute approximate surface area is 104 Å². The van der Waals surface area contributed by atoms with Gasteiger partial charge in [-0.05, 0) is 6.07 Å². The molecule has 0 fully saturated rings. The fraction of sp³-hybridized carbons (Fsp3) is 0.364. The Morgan fingerprint density at radius 1 is 1.47 bits per heavy atom. The van der Waals surface area contributed by atoms with Crippen molar-refractivity contribution in [3.63, 3.8) is 0 Å². The van der Waals surface area contributed by atoms with Crippen LogP contribution in [0, 0.1) is 0 Å². The van der Waals surface area contributed by atoms with E-state index in [2.05, 4.69) is 5.32 Å². The van der Waals surface area contributed by atoms with Gasteiger partial charge in [-0.25, -0.2) is 0 Å². The Morgan fingerprint density at radius 2 is 2.24 bits per heavy atom. The molecule has 0 aromatic heterocycles. The lowest BCUT2D eigenvalue weighted by Crippen LogP contribution is -2.19. The van der Waals surface area contributed by atoms with Gasteiger partial charge in [0, 0.05) is 24.4 Å². The smallest absolute Gasteiger partial charge is 0.245 e. The minimum absolute atomic E-state index is 0.231. The van der Waals surface area contributed by atoms with Crippen LogP contribution < -0.4 is 15.8 Å². The highest BCUT2D eigenvalue weighted by atomic mass is 35.5. The molecule has 0 saturated heterocycles. The van der Waals surface area contributed by atoms with Gasteiger partial charge in [-0.1, -0.05) is 11.6 Å². The van der Waals surface area contributed by atoms with Crippen LogP contribution in [0.3, 0.4) is 0 Å². The van der Waals surface area contributed by atoms with Crippen LogP contribution in [0.15, 0.2) is 12.1 Å². The zero-order valence-corrected chi connectivity index (χ0v) is 10.1. The lowest BCUT2D eigenvalue weighted by atomic mass is 10.1. The summed E-state index contributed by atoms with van der Waals surface area (Å²) in [6, 6.07) is 2.68. The first-order chi connectivity index (χ1) is 8.13. The molecule has 1 amide bonds. The third-order valence-electron chi connectivity index (χ3n) is 2.52. The average molecular weight is 257 g/mol. The van der Waals surface area contributed by atoms with Crippen molar-refractivity contribution in [3.05, 3.63) is 22.7 Å².